The Kier molecular flexibility index (Phi) is 6.08. The Balaban J connectivity index is 1.87. The Labute approximate surface area is 176 Å². The fourth-order valence-electron chi connectivity index (χ4n) is 4.32. The maximum atomic E-state index is 12.6. The molecule has 29 heavy (non-hydrogen) atoms. The van der Waals surface area contributed by atoms with Gasteiger partial charge in [0.2, 0.25) is 0 Å². The molecule has 2 aliphatic rings. The largest absolute Gasteiger partial charge is 0.465 e. The number of ether oxygens (including phenoxy) is 1. The summed E-state index contributed by atoms with van der Waals surface area (Å²) in [5, 5.41) is -0.445. The predicted octanol–water partition coefficient (Wildman–Crippen LogP) is 4.40. The van der Waals surface area contributed by atoms with Crippen molar-refractivity contribution in [2.75, 3.05) is 24.6 Å². The molecule has 2 aliphatic heterocycles. The van der Waals surface area contributed by atoms with Crippen LogP contribution in [0.15, 0.2) is 23.1 Å². The zero-order chi connectivity index (χ0) is 21.3. The lowest BCUT2D eigenvalue weighted by atomic mass is 9.79. The molecule has 2 amide bonds. The molecular formula is C22H28N2O4S. The van der Waals surface area contributed by atoms with E-state index in [9.17, 15) is 14.4 Å². The van der Waals surface area contributed by atoms with Gasteiger partial charge in [0.15, 0.2) is 0 Å². The predicted molar refractivity (Wildman–Crippen MR) is 116 cm³/mol. The van der Waals surface area contributed by atoms with Crippen molar-refractivity contribution < 1.29 is 19.1 Å². The summed E-state index contributed by atoms with van der Waals surface area (Å²) < 4.78 is 4.85. The molecule has 6 nitrogen and oxygen atoms in total. The molecule has 1 aromatic carbocycles. The minimum absolute atomic E-state index is 0.0957. The number of anilines is 1. The van der Waals surface area contributed by atoms with E-state index >= 15 is 0 Å². The topological polar surface area (TPSA) is 66.9 Å². The Hall–Kier alpha value is -2.28. The molecule has 156 valence electrons. The molecule has 0 radical (unpaired) electrons. The molecule has 0 bridgehead atoms. The number of fused-ring (bicyclic) bond motifs is 1. The lowest BCUT2D eigenvalue weighted by molar-refractivity contribution is -0.145. The average Bonchev–Trinajstić information content (AvgIpc) is 2.89. The van der Waals surface area contributed by atoms with Crippen LogP contribution in [-0.4, -0.2) is 47.3 Å². The quantitative estimate of drug-likeness (QED) is 0.524. The summed E-state index contributed by atoms with van der Waals surface area (Å²) in [6.07, 6.45) is 2.78. The van der Waals surface area contributed by atoms with Gasteiger partial charge in [-0.25, -0.2) is 0 Å². The van der Waals surface area contributed by atoms with Crippen LogP contribution < -0.4 is 4.90 Å². The number of nitrogens with zero attached hydrogens (tertiary/aromatic N) is 2. The van der Waals surface area contributed by atoms with Gasteiger partial charge in [-0.2, -0.15) is 0 Å². The monoisotopic (exact) mass is 416 g/mol. The summed E-state index contributed by atoms with van der Waals surface area (Å²) in [7, 11) is 0. The van der Waals surface area contributed by atoms with Gasteiger partial charge in [-0.1, -0.05) is 13.0 Å². The highest BCUT2D eigenvalue weighted by atomic mass is 32.2. The first-order chi connectivity index (χ1) is 13.7. The first-order valence-electron chi connectivity index (χ1n) is 10.0. The molecule has 1 aromatic rings. The third-order valence-corrected chi connectivity index (χ3v) is 6.40. The molecule has 0 spiro atoms. The fourth-order valence-corrected chi connectivity index (χ4v) is 5.16. The number of amides is 2. The van der Waals surface area contributed by atoms with Crippen LogP contribution in [0, 0.1) is 0 Å². The number of hydrogen-bond acceptors (Lipinski definition) is 6. The van der Waals surface area contributed by atoms with Gasteiger partial charge in [0.05, 0.1) is 11.5 Å². The second kappa shape index (κ2) is 8.22. The number of hydrogen-bond donors (Lipinski definition) is 0. The van der Waals surface area contributed by atoms with Crippen LogP contribution in [0.3, 0.4) is 0 Å². The minimum atomic E-state index is -0.582. The lowest BCUT2D eigenvalue weighted by Gasteiger charge is -2.47. The number of rotatable bonds is 5. The van der Waals surface area contributed by atoms with E-state index in [0.29, 0.717) is 10.8 Å². The van der Waals surface area contributed by atoms with Gasteiger partial charge >= 0.3 is 5.97 Å². The molecule has 0 N–H and O–H groups in total. The number of carbonyl (C=O) groups is 3. The number of benzene rings is 1. The van der Waals surface area contributed by atoms with Crippen molar-refractivity contribution in [1.29, 1.82) is 0 Å². The van der Waals surface area contributed by atoms with Crippen LogP contribution in [0.5, 0.6) is 0 Å². The third kappa shape index (κ3) is 4.20. The van der Waals surface area contributed by atoms with Crippen molar-refractivity contribution in [3.05, 3.63) is 34.2 Å². The Morgan fingerprint density at radius 2 is 2.03 bits per heavy atom. The maximum Gasteiger partial charge on any atom is 0.326 e. The van der Waals surface area contributed by atoms with E-state index in [1.54, 1.807) is 13.0 Å². The molecular weight excluding hydrogens is 388 g/mol. The first kappa shape index (κ1) is 21.4. The van der Waals surface area contributed by atoms with Gasteiger partial charge in [-0.15, -0.1) is 0 Å². The highest BCUT2D eigenvalue weighted by Crippen LogP contribution is 2.44. The van der Waals surface area contributed by atoms with Crippen LogP contribution in [-0.2, 0) is 14.3 Å². The summed E-state index contributed by atoms with van der Waals surface area (Å²) >= 11 is 0.860. The third-order valence-electron chi connectivity index (χ3n) is 5.49. The number of esters is 1. The molecule has 2 heterocycles. The second-order valence-corrected chi connectivity index (χ2v) is 9.05. The van der Waals surface area contributed by atoms with E-state index in [0.717, 1.165) is 35.2 Å². The molecule has 1 unspecified atom stereocenters. The molecule has 3 rings (SSSR count). The Bertz CT molecular complexity index is 878. The summed E-state index contributed by atoms with van der Waals surface area (Å²) in [5.74, 6) is -0.633. The van der Waals surface area contributed by atoms with Crippen LogP contribution in [0.2, 0.25) is 0 Å². The summed E-state index contributed by atoms with van der Waals surface area (Å²) in [6, 6.07) is 6.19. The van der Waals surface area contributed by atoms with Crippen LogP contribution in [0.4, 0.5) is 10.5 Å². The molecule has 1 fully saturated rings. The summed E-state index contributed by atoms with van der Waals surface area (Å²) in [4.78, 5) is 40.1. The summed E-state index contributed by atoms with van der Waals surface area (Å²) in [5.41, 5.74) is 3.46. The van der Waals surface area contributed by atoms with Gasteiger partial charge in [0, 0.05) is 17.8 Å². The smallest absolute Gasteiger partial charge is 0.326 e. The zero-order valence-electron chi connectivity index (χ0n) is 17.7. The van der Waals surface area contributed by atoms with Gasteiger partial charge in [-0.3, -0.25) is 19.3 Å². The summed E-state index contributed by atoms with van der Waals surface area (Å²) in [6.45, 7) is 11.4. The average molecular weight is 417 g/mol. The van der Waals surface area contributed by atoms with Gasteiger partial charge in [-0.05, 0) is 81.1 Å². The van der Waals surface area contributed by atoms with Crippen molar-refractivity contribution in [3.8, 4) is 0 Å². The van der Waals surface area contributed by atoms with Gasteiger partial charge in [0.25, 0.3) is 11.1 Å². The van der Waals surface area contributed by atoms with Gasteiger partial charge in [0.1, 0.15) is 6.54 Å². The van der Waals surface area contributed by atoms with E-state index in [1.165, 1.54) is 11.3 Å². The maximum absolute atomic E-state index is 12.6. The van der Waals surface area contributed by atoms with Crippen LogP contribution >= 0.6 is 11.8 Å². The second-order valence-electron chi connectivity index (χ2n) is 8.05. The lowest BCUT2D eigenvalue weighted by Crippen LogP contribution is -2.48. The highest BCUT2D eigenvalue weighted by molar-refractivity contribution is 8.18. The normalized spacial score (nSPS) is 22.2. The molecule has 1 atom stereocenters. The van der Waals surface area contributed by atoms with Gasteiger partial charge < -0.3 is 9.64 Å². The first-order valence-corrected chi connectivity index (χ1v) is 10.8. The van der Waals surface area contributed by atoms with Crippen molar-refractivity contribution in [2.45, 2.75) is 52.5 Å². The van der Waals surface area contributed by atoms with Crippen molar-refractivity contribution in [3.63, 3.8) is 0 Å². The highest BCUT2D eigenvalue weighted by Gasteiger charge is 2.37. The van der Waals surface area contributed by atoms with E-state index in [-0.39, 0.29) is 18.7 Å². The van der Waals surface area contributed by atoms with E-state index in [1.807, 2.05) is 6.07 Å². The Morgan fingerprint density at radius 1 is 1.31 bits per heavy atom. The number of thioether (sulfide) groups is 1. The van der Waals surface area contributed by atoms with Crippen molar-refractivity contribution in [1.82, 2.24) is 4.90 Å². The van der Waals surface area contributed by atoms with Crippen molar-refractivity contribution >= 4 is 40.6 Å². The Morgan fingerprint density at radius 3 is 2.69 bits per heavy atom. The fraction of sp³-hybridized carbons (Fsp3) is 0.500. The molecule has 0 saturated carbocycles. The van der Waals surface area contributed by atoms with E-state index in [4.69, 9.17) is 4.74 Å². The number of imide groups is 1. The molecule has 0 aliphatic carbocycles. The molecule has 7 heteroatoms. The molecule has 0 aromatic heterocycles. The SMILES string of the molecule is CCOC(=O)CN1C(=O)S/C(=C\c2ccc3c(c2)C(C)CC(C)(C)N3CC)C1=O. The zero-order valence-corrected chi connectivity index (χ0v) is 18.5. The molecule has 1 saturated heterocycles. The van der Waals surface area contributed by atoms with E-state index < -0.39 is 17.1 Å². The number of carbonyl (C=O) groups excluding carboxylic acids is 3. The van der Waals surface area contributed by atoms with Crippen LogP contribution in [0.1, 0.15) is 58.1 Å². The van der Waals surface area contributed by atoms with E-state index in [2.05, 4.69) is 44.7 Å². The van der Waals surface area contributed by atoms with Crippen LogP contribution in [0.25, 0.3) is 6.08 Å². The minimum Gasteiger partial charge on any atom is -0.465 e. The van der Waals surface area contributed by atoms with Crippen molar-refractivity contribution in [2.24, 2.45) is 0 Å². The standard InChI is InChI=1S/C22H28N2O4S/c1-6-24-17-9-8-15(10-16(17)14(3)12-22(24,4)5)11-18-20(26)23(21(27)29-18)13-19(25)28-7-2/h8-11,14H,6-7,12-13H2,1-5H3/b18-11-.